The van der Waals surface area contributed by atoms with Crippen molar-refractivity contribution in [2.75, 3.05) is 40.3 Å². The van der Waals surface area contributed by atoms with Crippen LogP contribution in [0.1, 0.15) is 5.56 Å². The molecule has 1 aliphatic heterocycles. The van der Waals surface area contributed by atoms with Crippen LogP contribution < -0.4 is 10.2 Å². The Morgan fingerprint density at radius 1 is 1.21 bits per heavy atom. The van der Waals surface area contributed by atoms with Crippen LogP contribution in [0, 0.1) is 0 Å². The first-order chi connectivity index (χ1) is 9.10. The molecular formula is C13H21BN2O3. The van der Waals surface area contributed by atoms with Gasteiger partial charge in [-0.2, -0.15) is 0 Å². The summed E-state index contributed by atoms with van der Waals surface area (Å²) in [5, 5.41) is 18.5. The van der Waals surface area contributed by atoms with Crippen molar-refractivity contribution in [3.63, 3.8) is 0 Å². The van der Waals surface area contributed by atoms with Gasteiger partial charge in [0.05, 0.1) is 7.11 Å². The molecule has 0 bridgehead atoms. The molecule has 0 saturated carbocycles. The molecule has 6 heteroatoms. The zero-order valence-electron chi connectivity index (χ0n) is 11.5. The number of hydrogen-bond acceptors (Lipinski definition) is 5. The average molecular weight is 264 g/mol. The van der Waals surface area contributed by atoms with E-state index in [1.165, 1.54) is 0 Å². The topological polar surface area (TPSA) is 56.2 Å². The Hall–Kier alpha value is -1.08. The summed E-state index contributed by atoms with van der Waals surface area (Å²) in [6, 6.07) is 5.53. The zero-order chi connectivity index (χ0) is 13.8. The van der Waals surface area contributed by atoms with Gasteiger partial charge in [-0.05, 0) is 18.7 Å². The summed E-state index contributed by atoms with van der Waals surface area (Å²) in [7, 11) is 2.19. The van der Waals surface area contributed by atoms with E-state index in [0.29, 0.717) is 11.2 Å². The summed E-state index contributed by atoms with van der Waals surface area (Å²) >= 11 is 0. The van der Waals surface area contributed by atoms with Crippen molar-refractivity contribution in [3.05, 3.63) is 23.8 Å². The number of rotatable bonds is 4. The van der Waals surface area contributed by atoms with Crippen molar-refractivity contribution in [3.8, 4) is 5.75 Å². The predicted octanol–water partition coefficient (Wildman–Crippen LogP) is -0.878. The Labute approximate surface area is 114 Å². The standard InChI is InChI=1S/C13H21BN2O3/c1-15-5-7-16(8-6-15)10-11-3-4-12(14(17)18)13(9-11)19-2/h3-4,9,17-18H,5-8,10H2,1-2H3. The lowest BCUT2D eigenvalue weighted by Gasteiger charge is -2.32. The van der Waals surface area contributed by atoms with Crippen LogP contribution in [0.25, 0.3) is 0 Å². The van der Waals surface area contributed by atoms with Crippen LogP contribution in [-0.2, 0) is 6.54 Å². The molecule has 0 aliphatic carbocycles. The lowest BCUT2D eigenvalue weighted by atomic mass is 9.79. The molecule has 1 saturated heterocycles. The minimum absolute atomic E-state index is 0.407. The Balaban J connectivity index is 2.05. The molecule has 0 unspecified atom stereocenters. The molecule has 1 aromatic carbocycles. The van der Waals surface area contributed by atoms with Crippen molar-refractivity contribution in [1.29, 1.82) is 0 Å². The van der Waals surface area contributed by atoms with Crippen LogP contribution in [0.2, 0.25) is 0 Å². The maximum Gasteiger partial charge on any atom is 0.492 e. The first kappa shape index (κ1) is 14.3. The highest BCUT2D eigenvalue weighted by molar-refractivity contribution is 6.59. The van der Waals surface area contributed by atoms with Gasteiger partial charge in [-0.1, -0.05) is 12.1 Å². The minimum atomic E-state index is -1.49. The highest BCUT2D eigenvalue weighted by atomic mass is 16.5. The molecule has 19 heavy (non-hydrogen) atoms. The predicted molar refractivity (Wildman–Crippen MR) is 75.6 cm³/mol. The number of piperazine rings is 1. The molecule has 0 amide bonds. The summed E-state index contributed by atoms with van der Waals surface area (Å²) < 4.78 is 5.21. The summed E-state index contributed by atoms with van der Waals surface area (Å²) in [5.74, 6) is 0.529. The molecule has 2 N–H and O–H groups in total. The van der Waals surface area contributed by atoms with Gasteiger partial charge in [0.25, 0.3) is 0 Å². The first-order valence-corrected chi connectivity index (χ1v) is 6.54. The van der Waals surface area contributed by atoms with Crippen LogP contribution in [-0.4, -0.2) is 67.3 Å². The quantitative estimate of drug-likeness (QED) is 0.692. The van der Waals surface area contributed by atoms with Gasteiger partial charge < -0.3 is 19.7 Å². The van der Waals surface area contributed by atoms with E-state index in [1.54, 1.807) is 13.2 Å². The molecule has 0 spiro atoms. The highest BCUT2D eigenvalue weighted by Gasteiger charge is 2.18. The van der Waals surface area contributed by atoms with Gasteiger partial charge in [0, 0.05) is 38.2 Å². The monoisotopic (exact) mass is 264 g/mol. The SMILES string of the molecule is COc1cc(CN2CCN(C)CC2)ccc1B(O)O. The second kappa shape index (κ2) is 6.39. The number of nitrogens with zero attached hydrogens (tertiary/aromatic N) is 2. The zero-order valence-corrected chi connectivity index (χ0v) is 11.5. The summed E-state index contributed by atoms with van der Waals surface area (Å²) in [4.78, 5) is 4.71. The fourth-order valence-electron chi connectivity index (χ4n) is 2.33. The lowest BCUT2D eigenvalue weighted by Crippen LogP contribution is -2.43. The normalized spacial score (nSPS) is 17.5. The van der Waals surface area contributed by atoms with Gasteiger partial charge in [-0.25, -0.2) is 0 Å². The van der Waals surface area contributed by atoms with Gasteiger partial charge in [-0.15, -0.1) is 0 Å². The van der Waals surface area contributed by atoms with Gasteiger partial charge in [0.15, 0.2) is 0 Å². The van der Waals surface area contributed by atoms with Gasteiger partial charge >= 0.3 is 7.12 Å². The van der Waals surface area contributed by atoms with Crippen molar-refractivity contribution in [2.24, 2.45) is 0 Å². The van der Waals surface area contributed by atoms with Crippen molar-refractivity contribution in [1.82, 2.24) is 9.80 Å². The van der Waals surface area contributed by atoms with Crippen molar-refractivity contribution >= 4 is 12.6 Å². The van der Waals surface area contributed by atoms with E-state index in [-0.39, 0.29) is 0 Å². The Morgan fingerprint density at radius 3 is 2.47 bits per heavy atom. The molecule has 0 aromatic heterocycles. The highest BCUT2D eigenvalue weighted by Crippen LogP contribution is 2.14. The molecule has 5 nitrogen and oxygen atoms in total. The van der Waals surface area contributed by atoms with E-state index in [2.05, 4.69) is 16.8 Å². The van der Waals surface area contributed by atoms with Crippen molar-refractivity contribution < 1.29 is 14.8 Å². The molecule has 2 rings (SSSR count). The fraction of sp³-hybridized carbons (Fsp3) is 0.538. The Kier molecular flexibility index (Phi) is 4.82. The summed E-state index contributed by atoms with van der Waals surface area (Å²) in [6.07, 6.45) is 0. The smallest absolute Gasteiger partial charge is 0.492 e. The summed E-state index contributed by atoms with van der Waals surface area (Å²) in [5.41, 5.74) is 1.54. The number of methoxy groups -OCH3 is 1. The number of hydrogen-bond donors (Lipinski definition) is 2. The molecule has 1 aromatic rings. The third-order valence-electron chi connectivity index (χ3n) is 3.58. The molecular weight excluding hydrogens is 243 g/mol. The number of benzene rings is 1. The van der Waals surface area contributed by atoms with E-state index < -0.39 is 7.12 Å². The molecule has 104 valence electrons. The molecule has 0 atom stereocenters. The largest absolute Gasteiger partial charge is 0.497 e. The van der Waals surface area contributed by atoms with Crippen LogP contribution >= 0.6 is 0 Å². The minimum Gasteiger partial charge on any atom is -0.497 e. The maximum absolute atomic E-state index is 9.24. The van der Waals surface area contributed by atoms with Crippen LogP contribution in [0.15, 0.2) is 18.2 Å². The van der Waals surface area contributed by atoms with Crippen LogP contribution in [0.5, 0.6) is 5.75 Å². The fourth-order valence-corrected chi connectivity index (χ4v) is 2.33. The lowest BCUT2D eigenvalue weighted by molar-refractivity contribution is 0.148. The molecule has 1 aliphatic rings. The van der Waals surface area contributed by atoms with Gasteiger partial charge in [0.1, 0.15) is 5.75 Å². The van der Waals surface area contributed by atoms with E-state index in [1.807, 2.05) is 12.1 Å². The van der Waals surface area contributed by atoms with Gasteiger partial charge in [-0.3, -0.25) is 4.90 Å². The van der Waals surface area contributed by atoms with E-state index in [9.17, 15) is 10.0 Å². The van der Waals surface area contributed by atoms with E-state index >= 15 is 0 Å². The Bertz CT molecular complexity index is 420. The molecule has 0 radical (unpaired) electrons. The van der Waals surface area contributed by atoms with Crippen LogP contribution in [0.3, 0.4) is 0 Å². The second-order valence-corrected chi connectivity index (χ2v) is 5.03. The van der Waals surface area contributed by atoms with E-state index in [4.69, 9.17) is 4.74 Å². The average Bonchev–Trinajstić information content (AvgIpc) is 2.41. The second-order valence-electron chi connectivity index (χ2n) is 5.03. The van der Waals surface area contributed by atoms with Crippen molar-refractivity contribution in [2.45, 2.75) is 6.54 Å². The number of likely N-dealkylation sites (N-methyl/N-ethyl adjacent to an activating group) is 1. The van der Waals surface area contributed by atoms with Crippen LogP contribution in [0.4, 0.5) is 0 Å². The summed E-state index contributed by atoms with van der Waals surface area (Å²) in [6.45, 7) is 5.16. The Morgan fingerprint density at radius 2 is 1.89 bits per heavy atom. The van der Waals surface area contributed by atoms with E-state index in [0.717, 1.165) is 38.3 Å². The van der Waals surface area contributed by atoms with Gasteiger partial charge in [0.2, 0.25) is 0 Å². The maximum atomic E-state index is 9.24. The third kappa shape index (κ3) is 3.70. The molecule has 1 fully saturated rings. The third-order valence-corrected chi connectivity index (χ3v) is 3.58. The number of ether oxygens (including phenoxy) is 1. The first-order valence-electron chi connectivity index (χ1n) is 6.54. The molecule has 1 heterocycles.